The molecule has 110 valence electrons. The number of nitrogens with zero attached hydrogens (tertiary/aromatic N) is 1. The van der Waals surface area contributed by atoms with Crippen LogP contribution in [0.15, 0.2) is 16.7 Å². The quantitative estimate of drug-likeness (QED) is 0.866. The van der Waals surface area contributed by atoms with Gasteiger partial charge in [-0.05, 0) is 53.6 Å². The minimum atomic E-state index is 0.0185. The van der Waals surface area contributed by atoms with Crippen molar-refractivity contribution in [1.82, 2.24) is 9.88 Å². The largest absolute Gasteiger partial charge is 0.346 e. The Hall–Kier alpha value is -0.810. The van der Waals surface area contributed by atoms with Crippen LogP contribution >= 0.6 is 15.9 Å². The van der Waals surface area contributed by atoms with Crippen LogP contribution in [-0.2, 0) is 0 Å². The van der Waals surface area contributed by atoms with Crippen molar-refractivity contribution in [2.24, 2.45) is 11.7 Å². The van der Waals surface area contributed by atoms with Gasteiger partial charge in [0.25, 0.3) is 5.91 Å². The fraction of sp³-hybridized carbons (Fsp3) is 0.667. The molecule has 1 aromatic rings. The van der Waals surface area contributed by atoms with Crippen molar-refractivity contribution in [3.63, 3.8) is 0 Å². The summed E-state index contributed by atoms with van der Waals surface area (Å²) >= 11 is 3.47. The number of amides is 1. The molecule has 3 N–H and O–H groups in total. The van der Waals surface area contributed by atoms with Gasteiger partial charge < -0.3 is 15.6 Å². The number of rotatable bonds is 5. The van der Waals surface area contributed by atoms with Gasteiger partial charge in [-0.1, -0.05) is 12.8 Å². The lowest BCUT2D eigenvalue weighted by Gasteiger charge is -2.23. The van der Waals surface area contributed by atoms with Gasteiger partial charge in [0, 0.05) is 29.3 Å². The van der Waals surface area contributed by atoms with Crippen LogP contribution in [0.4, 0.5) is 0 Å². The predicted octanol–water partition coefficient (Wildman–Crippen LogP) is 2.83. The van der Waals surface area contributed by atoms with Crippen LogP contribution in [0.2, 0.25) is 0 Å². The van der Waals surface area contributed by atoms with Crippen molar-refractivity contribution in [2.45, 2.75) is 50.6 Å². The molecule has 1 unspecified atom stereocenters. The van der Waals surface area contributed by atoms with E-state index in [2.05, 4.69) is 25.8 Å². The van der Waals surface area contributed by atoms with Crippen LogP contribution < -0.4 is 11.1 Å². The van der Waals surface area contributed by atoms with Gasteiger partial charge >= 0.3 is 0 Å². The van der Waals surface area contributed by atoms with Crippen molar-refractivity contribution in [3.05, 3.63) is 22.4 Å². The van der Waals surface area contributed by atoms with E-state index in [9.17, 15) is 4.79 Å². The number of nitrogens with one attached hydrogen (secondary N) is 1. The smallest absolute Gasteiger partial charge is 0.268 e. The van der Waals surface area contributed by atoms with Gasteiger partial charge in [0.1, 0.15) is 5.69 Å². The second kappa shape index (κ2) is 5.90. The zero-order chi connectivity index (χ0) is 14.1. The van der Waals surface area contributed by atoms with Gasteiger partial charge in [-0.2, -0.15) is 0 Å². The summed E-state index contributed by atoms with van der Waals surface area (Å²) in [7, 11) is 0. The van der Waals surface area contributed by atoms with Crippen LogP contribution in [0.3, 0.4) is 0 Å². The number of nitrogens with two attached hydrogens (primary N) is 1. The molecule has 1 aromatic heterocycles. The molecule has 2 aliphatic rings. The highest BCUT2D eigenvalue weighted by Crippen LogP contribution is 2.37. The molecule has 2 saturated carbocycles. The molecule has 4 nitrogen and oxygen atoms in total. The Morgan fingerprint density at radius 2 is 2.10 bits per heavy atom. The Balaban J connectivity index is 1.71. The third kappa shape index (κ3) is 2.93. The average Bonchev–Trinajstić information content (AvgIpc) is 2.99. The normalized spacial score (nSPS) is 21.1. The highest BCUT2D eigenvalue weighted by atomic mass is 79.9. The summed E-state index contributed by atoms with van der Waals surface area (Å²) in [5, 5.41) is 3.16. The lowest BCUT2D eigenvalue weighted by Crippen LogP contribution is -2.45. The Bertz CT molecular complexity index is 489. The van der Waals surface area contributed by atoms with Gasteiger partial charge in [-0.3, -0.25) is 4.79 Å². The summed E-state index contributed by atoms with van der Waals surface area (Å²) in [6, 6.07) is 2.53. The molecule has 0 aliphatic heterocycles. The maximum atomic E-state index is 12.5. The lowest BCUT2D eigenvalue weighted by molar-refractivity contribution is 0.0914. The van der Waals surface area contributed by atoms with E-state index in [0.717, 1.165) is 10.2 Å². The molecule has 2 aliphatic carbocycles. The summed E-state index contributed by atoms with van der Waals surface area (Å²) in [4.78, 5) is 12.5. The predicted molar refractivity (Wildman–Crippen MR) is 82.7 cm³/mol. The van der Waals surface area contributed by atoms with Crippen molar-refractivity contribution in [3.8, 4) is 0 Å². The first-order valence-corrected chi connectivity index (χ1v) is 8.36. The van der Waals surface area contributed by atoms with Crippen molar-refractivity contribution in [1.29, 1.82) is 0 Å². The first kappa shape index (κ1) is 14.1. The first-order chi connectivity index (χ1) is 9.69. The number of aromatic nitrogens is 1. The molecule has 1 atom stereocenters. The Morgan fingerprint density at radius 3 is 2.70 bits per heavy atom. The maximum Gasteiger partial charge on any atom is 0.268 e. The van der Waals surface area contributed by atoms with Gasteiger partial charge in [-0.15, -0.1) is 0 Å². The molecule has 0 spiro atoms. The summed E-state index contributed by atoms with van der Waals surface area (Å²) in [5.74, 6) is 0.571. The van der Waals surface area contributed by atoms with E-state index in [4.69, 9.17) is 5.73 Å². The Morgan fingerprint density at radius 1 is 1.40 bits per heavy atom. The number of halogens is 1. The van der Waals surface area contributed by atoms with Crippen molar-refractivity contribution < 1.29 is 4.79 Å². The lowest BCUT2D eigenvalue weighted by atomic mass is 9.98. The minimum Gasteiger partial charge on any atom is -0.346 e. The monoisotopic (exact) mass is 339 g/mol. The number of carbonyl (C=O) groups excluding carboxylic acids is 1. The van der Waals surface area contributed by atoms with E-state index in [1.807, 2.05) is 12.3 Å². The van der Waals surface area contributed by atoms with Gasteiger partial charge in [0.15, 0.2) is 0 Å². The topological polar surface area (TPSA) is 60.0 Å². The Labute approximate surface area is 128 Å². The van der Waals surface area contributed by atoms with E-state index in [0.29, 0.717) is 18.5 Å². The fourth-order valence-electron chi connectivity index (χ4n) is 3.25. The van der Waals surface area contributed by atoms with Crippen LogP contribution in [0.5, 0.6) is 0 Å². The standard InChI is InChI=1S/C15H22BrN3O/c16-11-7-14(19(9-11)12-5-6-12)15(20)18-13(8-17)10-3-1-2-4-10/h7,9-10,12-13H,1-6,8,17H2,(H,18,20). The van der Waals surface area contributed by atoms with Crippen LogP contribution in [0.1, 0.15) is 55.1 Å². The molecular formula is C15H22BrN3O. The van der Waals surface area contributed by atoms with Gasteiger partial charge in [0.05, 0.1) is 0 Å². The molecule has 1 heterocycles. The molecule has 2 fully saturated rings. The summed E-state index contributed by atoms with van der Waals surface area (Å²) < 4.78 is 3.07. The second-order valence-electron chi connectivity index (χ2n) is 6.04. The van der Waals surface area contributed by atoms with E-state index < -0.39 is 0 Å². The number of carbonyl (C=O) groups is 1. The molecule has 0 aromatic carbocycles. The highest BCUT2D eigenvalue weighted by Gasteiger charge is 2.30. The van der Waals surface area contributed by atoms with Crippen LogP contribution in [-0.4, -0.2) is 23.1 Å². The van der Waals surface area contributed by atoms with E-state index in [1.165, 1.54) is 38.5 Å². The molecule has 5 heteroatoms. The van der Waals surface area contributed by atoms with E-state index in [1.54, 1.807) is 0 Å². The van der Waals surface area contributed by atoms with Crippen LogP contribution in [0, 0.1) is 5.92 Å². The second-order valence-corrected chi connectivity index (χ2v) is 6.96. The Kier molecular flexibility index (Phi) is 4.17. The van der Waals surface area contributed by atoms with Crippen molar-refractivity contribution >= 4 is 21.8 Å². The number of hydrogen-bond acceptors (Lipinski definition) is 2. The average molecular weight is 340 g/mol. The molecule has 0 radical (unpaired) electrons. The summed E-state index contributed by atoms with van der Waals surface area (Å²) in [5.41, 5.74) is 6.62. The molecule has 20 heavy (non-hydrogen) atoms. The first-order valence-electron chi connectivity index (χ1n) is 7.57. The van der Waals surface area contributed by atoms with E-state index in [-0.39, 0.29) is 11.9 Å². The summed E-state index contributed by atoms with van der Waals surface area (Å²) in [6.45, 7) is 0.529. The maximum absolute atomic E-state index is 12.5. The third-order valence-electron chi connectivity index (χ3n) is 4.53. The molecule has 3 rings (SSSR count). The molecule has 0 bridgehead atoms. The fourth-order valence-corrected chi connectivity index (χ4v) is 3.69. The third-order valence-corrected chi connectivity index (χ3v) is 4.96. The molecule has 0 saturated heterocycles. The van der Waals surface area contributed by atoms with E-state index >= 15 is 0 Å². The van der Waals surface area contributed by atoms with Gasteiger partial charge in [0.2, 0.25) is 0 Å². The van der Waals surface area contributed by atoms with Crippen LogP contribution in [0.25, 0.3) is 0 Å². The molecular weight excluding hydrogens is 318 g/mol. The minimum absolute atomic E-state index is 0.0185. The van der Waals surface area contributed by atoms with Gasteiger partial charge in [-0.25, -0.2) is 0 Å². The highest BCUT2D eigenvalue weighted by molar-refractivity contribution is 9.10. The number of hydrogen-bond donors (Lipinski definition) is 2. The summed E-state index contributed by atoms with van der Waals surface area (Å²) in [6.07, 6.45) is 9.27. The molecule has 1 amide bonds. The zero-order valence-corrected chi connectivity index (χ0v) is 13.2. The SMILES string of the molecule is NCC(NC(=O)c1cc(Br)cn1C1CC1)C1CCCC1. The van der Waals surface area contributed by atoms with Crippen molar-refractivity contribution in [2.75, 3.05) is 6.54 Å². The zero-order valence-electron chi connectivity index (χ0n) is 11.6.